The summed E-state index contributed by atoms with van der Waals surface area (Å²) in [4.78, 5) is 2.04. The Morgan fingerprint density at radius 1 is 0.906 bits per heavy atom. The van der Waals surface area contributed by atoms with E-state index in [1.165, 1.54) is 6.07 Å². The van der Waals surface area contributed by atoms with Crippen LogP contribution in [0.25, 0.3) is 0 Å². The van der Waals surface area contributed by atoms with Crippen LogP contribution in [0.5, 0.6) is 0 Å². The smallest absolute Gasteiger partial charge is 0.309 e. The highest BCUT2D eigenvalue weighted by atomic mass is 32.2. The zero-order valence-electron chi connectivity index (χ0n) is 19.8. The molecule has 0 heterocycles. The zero-order valence-corrected chi connectivity index (χ0v) is 20.6. The number of rotatable bonds is 7. The van der Waals surface area contributed by atoms with E-state index in [-0.39, 0.29) is 16.0 Å². The second-order valence-electron chi connectivity index (χ2n) is 9.62. The van der Waals surface area contributed by atoms with E-state index in [0.29, 0.717) is 29.5 Å². The van der Waals surface area contributed by atoms with E-state index in [1.54, 1.807) is 13.8 Å². The van der Waals surface area contributed by atoms with Gasteiger partial charge in [0, 0.05) is 5.69 Å². The van der Waals surface area contributed by atoms with Gasteiger partial charge in [0.1, 0.15) is 0 Å². The topological polar surface area (TPSA) is 49.4 Å². The second-order valence-corrected chi connectivity index (χ2v) is 11.2. The molecule has 0 aliphatic rings. The number of halogens is 3. The van der Waals surface area contributed by atoms with Gasteiger partial charge in [0.2, 0.25) is 0 Å². The highest BCUT2D eigenvalue weighted by Crippen LogP contribution is 2.34. The van der Waals surface area contributed by atoms with Gasteiger partial charge in [0.25, 0.3) is 10.0 Å². The molecular weight excluding hydrogens is 437 g/mol. The van der Waals surface area contributed by atoms with Crippen LogP contribution in [0, 0.1) is 13.8 Å². The van der Waals surface area contributed by atoms with Crippen LogP contribution in [0.2, 0.25) is 0 Å². The Bertz CT molecular complexity index is 1050. The van der Waals surface area contributed by atoms with Crippen molar-refractivity contribution < 1.29 is 21.6 Å². The largest absolute Gasteiger partial charge is 0.416 e. The number of sulfonamides is 1. The standard InChI is InChI=1S/C24H33F3N2O2S/c1-16-11-19(23(3,4)5)12-17(2)22(16)32(30,31)28-21-14-18(9-8-10-29(6)7)13-20(15-21)24(25,26)27/h11-15,28H,8-10H2,1-7H3. The molecule has 0 aromatic heterocycles. The van der Waals surface area contributed by atoms with E-state index in [0.717, 1.165) is 24.2 Å². The molecule has 0 amide bonds. The molecular formula is C24H33F3N2O2S. The summed E-state index contributed by atoms with van der Waals surface area (Å²) in [7, 11) is -0.295. The second kappa shape index (κ2) is 9.43. The first-order valence-corrected chi connectivity index (χ1v) is 12.0. The lowest BCUT2D eigenvalue weighted by Crippen LogP contribution is -2.19. The van der Waals surface area contributed by atoms with E-state index in [1.807, 2.05) is 51.9 Å². The van der Waals surface area contributed by atoms with Crippen molar-refractivity contribution in [2.75, 3.05) is 25.4 Å². The van der Waals surface area contributed by atoms with Gasteiger partial charge in [0.05, 0.1) is 10.5 Å². The zero-order chi connectivity index (χ0) is 24.5. The molecule has 4 nitrogen and oxygen atoms in total. The normalized spacial score (nSPS) is 13.0. The first-order chi connectivity index (χ1) is 14.5. The highest BCUT2D eigenvalue weighted by molar-refractivity contribution is 7.92. The van der Waals surface area contributed by atoms with Crippen LogP contribution >= 0.6 is 0 Å². The molecule has 178 valence electrons. The molecule has 0 spiro atoms. The molecule has 0 radical (unpaired) electrons. The third-order valence-electron chi connectivity index (χ3n) is 5.24. The maximum atomic E-state index is 13.5. The van der Waals surface area contributed by atoms with Crippen LogP contribution in [0.1, 0.15) is 55.0 Å². The van der Waals surface area contributed by atoms with Crippen LogP contribution in [-0.4, -0.2) is 34.0 Å². The van der Waals surface area contributed by atoms with E-state index in [4.69, 9.17) is 0 Å². The first kappa shape index (κ1) is 26.2. The van der Waals surface area contributed by atoms with Crippen LogP contribution in [0.3, 0.4) is 0 Å². The number of nitrogens with one attached hydrogen (secondary N) is 1. The predicted molar refractivity (Wildman–Crippen MR) is 124 cm³/mol. The number of anilines is 1. The van der Waals surface area contributed by atoms with E-state index < -0.39 is 21.8 Å². The van der Waals surface area contributed by atoms with Crippen LogP contribution in [0.15, 0.2) is 35.2 Å². The average molecular weight is 471 g/mol. The molecule has 32 heavy (non-hydrogen) atoms. The van der Waals surface area contributed by atoms with E-state index in [9.17, 15) is 21.6 Å². The molecule has 2 rings (SSSR count). The van der Waals surface area contributed by atoms with Crippen LogP contribution in [0.4, 0.5) is 18.9 Å². The quantitative estimate of drug-likeness (QED) is 0.547. The van der Waals surface area contributed by atoms with Crippen LogP contribution in [-0.2, 0) is 28.0 Å². The first-order valence-electron chi connectivity index (χ1n) is 10.5. The summed E-state index contributed by atoms with van der Waals surface area (Å²) in [6.45, 7) is 10.2. The van der Waals surface area contributed by atoms with Crippen LogP contribution < -0.4 is 4.72 Å². The predicted octanol–water partition coefficient (Wildman–Crippen LogP) is 5.91. The molecule has 2 aromatic carbocycles. The molecule has 0 atom stereocenters. The molecule has 0 aliphatic carbocycles. The number of hydrogen-bond acceptors (Lipinski definition) is 3. The maximum Gasteiger partial charge on any atom is 0.416 e. The molecule has 0 saturated carbocycles. The van der Waals surface area contributed by atoms with Crippen molar-refractivity contribution in [3.63, 3.8) is 0 Å². The molecule has 0 aliphatic heterocycles. The lowest BCUT2D eigenvalue weighted by molar-refractivity contribution is -0.137. The minimum atomic E-state index is -4.57. The Hall–Kier alpha value is -2.06. The Labute approximate surface area is 189 Å². The van der Waals surface area contributed by atoms with Gasteiger partial charge >= 0.3 is 6.18 Å². The monoisotopic (exact) mass is 470 g/mol. The van der Waals surface area contributed by atoms with Gasteiger partial charge in [-0.25, -0.2) is 8.42 Å². The van der Waals surface area contributed by atoms with Gasteiger partial charge in [-0.1, -0.05) is 32.9 Å². The summed E-state index contributed by atoms with van der Waals surface area (Å²) in [5.41, 5.74) is 1.44. The summed E-state index contributed by atoms with van der Waals surface area (Å²) in [5, 5.41) is 0. The van der Waals surface area contributed by atoms with Crippen molar-refractivity contribution in [2.24, 2.45) is 0 Å². The van der Waals surface area contributed by atoms with Gasteiger partial charge in [-0.3, -0.25) is 4.72 Å². The fourth-order valence-electron chi connectivity index (χ4n) is 3.67. The maximum absolute atomic E-state index is 13.5. The third kappa shape index (κ3) is 6.72. The Morgan fingerprint density at radius 3 is 1.94 bits per heavy atom. The Morgan fingerprint density at radius 2 is 1.47 bits per heavy atom. The fourth-order valence-corrected chi connectivity index (χ4v) is 5.17. The van der Waals surface area contributed by atoms with Crippen molar-refractivity contribution in [2.45, 2.75) is 63.9 Å². The molecule has 1 N–H and O–H groups in total. The number of hydrogen-bond donors (Lipinski definition) is 1. The molecule has 2 aromatic rings. The van der Waals surface area contributed by atoms with Gasteiger partial charge < -0.3 is 4.90 Å². The number of alkyl halides is 3. The molecule has 0 saturated heterocycles. The summed E-state index contributed by atoms with van der Waals surface area (Å²) >= 11 is 0. The number of aryl methyl sites for hydroxylation is 3. The molecule has 0 unspecified atom stereocenters. The summed E-state index contributed by atoms with van der Waals surface area (Å²) in [6, 6.07) is 7.06. The molecule has 0 bridgehead atoms. The SMILES string of the molecule is Cc1cc(C(C)(C)C)cc(C)c1S(=O)(=O)Nc1cc(CCCN(C)C)cc(C(F)(F)F)c1. The summed E-state index contributed by atoms with van der Waals surface area (Å²) in [5.74, 6) is 0. The lowest BCUT2D eigenvalue weighted by atomic mass is 9.85. The van der Waals surface area contributed by atoms with Gasteiger partial charge in [-0.15, -0.1) is 0 Å². The van der Waals surface area contributed by atoms with E-state index in [2.05, 4.69) is 4.72 Å². The Balaban J connectivity index is 2.46. The van der Waals surface area contributed by atoms with Gasteiger partial charge in [0.15, 0.2) is 0 Å². The number of nitrogens with zero attached hydrogens (tertiary/aromatic N) is 1. The molecule has 0 fully saturated rings. The Kier molecular flexibility index (Phi) is 7.72. The summed E-state index contributed by atoms with van der Waals surface area (Å²) in [6.07, 6.45) is -3.50. The van der Waals surface area contributed by atoms with Crippen molar-refractivity contribution in [3.05, 3.63) is 58.1 Å². The van der Waals surface area contributed by atoms with Crippen molar-refractivity contribution in [3.8, 4) is 0 Å². The highest BCUT2D eigenvalue weighted by Gasteiger charge is 2.32. The van der Waals surface area contributed by atoms with Gasteiger partial charge in [-0.05, 0) is 93.2 Å². The van der Waals surface area contributed by atoms with Crippen molar-refractivity contribution in [1.29, 1.82) is 0 Å². The van der Waals surface area contributed by atoms with Crippen molar-refractivity contribution >= 4 is 15.7 Å². The lowest BCUT2D eigenvalue weighted by Gasteiger charge is -2.22. The average Bonchev–Trinajstić information content (AvgIpc) is 2.58. The fraction of sp³-hybridized carbons (Fsp3) is 0.500. The number of benzene rings is 2. The third-order valence-corrected chi connectivity index (χ3v) is 6.92. The van der Waals surface area contributed by atoms with Gasteiger partial charge in [-0.2, -0.15) is 13.2 Å². The van der Waals surface area contributed by atoms with Crippen molar-refractivity contribution in [1.82, 2.24) is 4.90 Å². The minimum absolute atomic E-state index is 0.0848. The molecule has 8 heteroatoms. The van der Waals surface area contributed by atoms with E-state index >= 15 is 0 Å². The minimum Gasteiger partial charge on any atom is -0.309 e. The summed E-state index contributed by atoms with van der Waals surface area (Å²) < 4.78 is 69.1.